The molecule has 0 aliphatic rings. The van der Waals surface area contributed by atoms with Gasteiger partial charge in [0.15, 0.2) is 6.61 Å². The number of carbonyl (C=O) groups is 2. The normalized spacial score (nSPS) is 11.0. The lowest BCUT2D eigenvalue weighted by Crippen LogP contribution is -2.43. The van der Waals surface area contributed by atoms with E-state index >= 15 is 0 Å². The Bertz CT molecular complexity index is 1490. The molecule has 0 bridgehead atoms. The fourth-order valence-electron chi connectivity index (χ4n) is 3.60. The van der Waals surface area contributed by atoms with E-state index in [1.54, 1.807) is 49.4 Å². The third-order valence-corrected chi connectivity index (χ3v) is 5.41. The summed E-state index contributed by atoms with van der Waals surface area (Å²) in [4.78, 5) is 50.6. The van der Waals surface area contributed by atoms with Gasteiger partial charge in [0.2, 0.25) is 11.5 Å². The highest BCUT2D eigenvalue weighted by Crippen LogP contribution is 2.25. The Morgan fingerprint density at radius 2 is 1.70 bits per heavy atom. The monoisotopic (exact) mass is 447 g/mol. The molecule has 0 unspecified atom stereocenters. The Kier molecular flexibility index (Phi) is 5.70. The lowest BCUT2D eigenvalue weighted by Gasteiger charge is -2.14. The first kappa shape index (κ1) is 21.8. The number of ketones is 1. The Balaban J connectivity index is 1.61. The van der Waals surface area contributed by atoms with Crippen molar-refractivity contribution in [1.29, 1.82) is 0 Å². The fourth-order valence-corrected chi connectivity index (χ4v) is 3.60. The molecule has 0 aliphatic carbocycles. The van der Waals surface area contributed by atoms with Gasteiger partial charge in [-0.05, 0) is 18.6 Å². The number of aromatic nitrogens is 2. The molecule has 9 heteroatoms. The van der Waals surface area contributed by atoms with E-state index in [-0.39, 0.29) is 18.1 Å². The minimum atomic E-state index is -0.859. The average molecular weight is 447 g/mol. The summed E-state index contributed by atoms with van der Waals surface area (Å²) < 4.78 is 12.6. The van der Waals surface area contributed by atoms with Crippen LogP contribution in [0.3, 0.4) is 0 Å². The number of nitrogens with zero attached hydrogens (tertiary/aromatic N) is 2. The summed E-state index contributed by atoms with van der Waals surface area (Å²) in [5, 5.41) is 0.752. The zero-order valence-corrected chi connectivity index (χ0v) is 18.0. The second-order valence-electron chi connectivity index (χ2n) is 7.53. The fraction of sp³-hybridized carbons (Fsp3) is 0.167. The molecule has 33 heavy (non-hydrogen) atoms. The smallest absolute Gasteiger partial charge is 0.375 e. The van der Waals surface area contributed by atoms with Gasteiger partial charge in [-0.25, -0.2) is 9.59 Å². The molecule has 4 rings (SSSR count). The van der Waals surface area contributed by atoms with E-state index in [1.165, 1.54) is 7.05 Å². The van der Waals surface area contributed by atoms with Gasteiger partial charge in [-0.2, -0.15) is 0 Å². The molecule has 0 aliphatic heterocycles. The van der Waals surface area contributed by atoms with Crippen molar-refractivity contribution in [2.45, 2.75) is 13.5 Å². The minimum absolute atomic E-state index is 0.0288. The van der Waals surface area contributed by atoms with Crippen molar-refractivity contribution in [2.75, 3.05) is 12.3 Å². The maximum atomic E-state index is 12.8. The van der Waals surface area contributed by atoms with Gasteiger partial charge in [0, 0.05) is 18.0 Å². The predicted molar refractivity (Wildman–Crippen MR) is 121 cm³/mol. The van der Waals surface area contributed by atoms with Crippen LogP contribution in [0.5, 0.6) is 0 Å². The zero-order valence-electron chi connectivity index (χ0n) is 18.0. The number of nitrogen functional groups attached to an aromatic ring is 1. The number of anilines is 1. The Morgan fingerprint density at radius 1 is 1.03 bits per heavy atom. The number of carbonyl (C=O) groups excluding carboxylic acids is 2. The van der Waals surface area contributed by atoms with E-state index in [4.69, 9.17) is 14.9 Å². The van der Waals surface area contributed by atoms with E-state index in [2.05, 4.69) is 0 Å². The molecule has 2 aromatic heterocycles. The average Bonchev–Trinajstić information content (AvgIpc) is 3.16. The van der Waals surface area contributed by atoms with Crippen LogP contribution in [0.4, 0.5) is 5.82 Å². The number of hydrogen-bond donors (Lipinski definition) is 1. The molecular formula is C24H21N3O6. The van der Waals surface area contributed by atoms with Crippen LogP contribution in [0, 0.1) is 6.92 Å². The van der Waals surface area contributed by atoms with E-state index in [9.17, 15) is 19.2 Å². The predicted octanol–water partition coefficient (Wildman–Crippen LogP) is 2.27. The first-order valence-electron chi connectivity index (χ1n) is 10.1. The SMILES string of the molecule is Cc1c(C(=O)OCC(=O)c2c(N)n(Cc3ccccc3)c(=O)n(C)c2=O)oc2ccccc12. The number of rotatable bonds is 6. The van der Waals surface area contributed by atoms with Crippen LogP contribution in [-0.2, 0) is 18.3 Å². The number of ether oxygens (including phenoxy) is 1. The summed E-state index contributed by atoms with van der Waals surface area (Å²) in [6.45, 7) is 1.04. The number of nitrogens with two attached hydrogens (primary N) is 1. The third kappa shape index (κ3) is 3.96. The van der Waals surface area contributed by atoms with E-state index < -0.39 is 35.2 Å². The Morgan fingerprint density at radius 3 is 2.39 bits per heavy atom. The van der Waals surface area contributed by atoms with Gasteiger partial charge in [0.1, 0.15) is 17.0 Å². The molecule has 4 aromatic rings. The molecular weight excluding hydrogens is 426 g/mol. The van der Waals surface area contributed by atoms with Gasteiger partial charge < -0.3 is 14.9 Å². The highest BCUT2D eigenvalue weighted by Gasteiger charge is 2.25. The second-order valence-corrected chi connectivity index (χ2v) is 7.53. The Hall–Kier alpha value is -4.40. The van der Waals surface area contributed by atoms with Crippen molar-refractivity contribution in [2.24, 2.45) is 7.05 Å². The van der Waals surface area contributed by atoms with E-state index in [0.29, 0.717) is 11.1 Å². The number of esters is 1. The molecule has 0 atom stereocenters. The molecule has 0 fully saturated rings. The largest absolute Gasteiger partial charge is 0.451 e. The quantitative estimate of drug-likeness (QED) is 0.355. The van der Waals surface area contributed by atoms with Crippen molar-refractivity contribution < 1.29 is 18.7 Å². The summed E-state index contributed by atoms with van der Waals surface area (Å²) in [6, 6.07) is 16.1. The standard InChI is InChI=1S/C24H21N3O6/c1-14-16-10-6-7-11-18(16)33-20(14)23(30)32-13-17(28)19-21(25)27(24(31)26(2)22(19)29)12-15-8-4-3-5-9-15/h3-11H,12-13,25H2,1-2H3. The van der Waals surface area contributed by atoms with Crippen LogP contribution in [0.15, 0.2) is 68.6 Å². The van der Waals surface area contributed by atoms with Crippen molar-refractivity contribution in [1.82, 2.24) is 9.13 Å². The number of para-hydroxylation sites is 1. The van der Waals surface area contributed by atoms with Crippen molar-refractivity contribution in [3.8, 4) is 0 Å². The van der Waals surface area contributed by atoms with Crippen molar-refractivity contribution in [3.63, 3.8) is 0 Å². The molecule has 168 valence electrons. The van der Waals surface area contributed by atoms with Gasteiger partial charge >= 0.3 is 11.7 Å². The van der Waals surface area contributed by atoms with E-state index in [1.807, 2.05) is 12.1 Å². The lowest BCUT2D eigenvalue weighted by molar-refractivity contribution is 0.0444. The number of furan rings is 1. The number of benzene rings is 2. The van der Waals surface area contributed by atoms with E-state index in [0.717, 1.165) is 20.1 Å². The minimum Gasteiger partial charge on any atom is -0.451 e. The number of hydrogen-bond acceptors (Lipinski definition) is 7. The summed E-state index contributed by atoms with van der Waals surface area (Å²) in [5.74, 6) is -1.98. The van der Waals surface area contributed by atoms with Gasteiger partial charge in [-0.3, -0.25) is 18.7 Å². The van der Waals surface area contributed by atoms with Crippen LogP contribution in [0.1, 0.15) is 32.0 Å². The first-order chi connectivity index (χ1) is 15.8. The van der Waals surface area contributed by atoms with Crippen LogP contribution in [0.2, 0.25) is 0 Å². The van der Waals surface area contributed by atoms with Crippen LogP contribution >= 0.6 is 0 Å². The van der Waals surface area contributed by atoms with Crippen LogP contribution in [-0.4, -0.2) is 27.5 Å². The highest BCUT2D eigenvalue weighted by atomic mass is 16.5. The molecule has 2 heterocycles. The van der Waals surface area contributed by atoms with Crippen molar-refractivity contribution >= 4 is 28.5 Å². The highest BCUT2D eigenvalue weighted by molar-refractivity contribution is 6.02. The second kappa shape index (κ2) is 8.62. The molecule has 2 N–H and O–H groups in total. The third-order valence-electron chi connectivity index (χ3n) is 5.41. The summed E-state index contributed by atoms with van der Waals surface area (Å²) in [5.41, 5.74) is 5.98. The van der Waals surface area contributed by atoms with Gasteiger partial charge in [-0.15, -0.1) is 0 Å². The van der Waals surface area contributed by atoms with Gasteiger partial charge in [0.05, 0.1) is 6.54 Å². The topological polar surface area (TPSA) is 127 Å². The molecule has 0 amide bonds. The zero-order chi connectivity index (χ0) is 23.7. The maximum Gasteiger partial charge on any atom is 0.375 e. The van der Waals surface area contributed by atoms with Crippen LogP contribution in [0.25, 0.3) is 11.0 Å². The Labute approximate surface area is 187 Å². The molecule has 0 radical (unpaired) electrons. The molecule has 0 spiro atoms. The summed E-state index contributed by atoms with van der Waals surface area (Å²) >= 11 is 0. The van der Waals surface area contributed by atoms with Crippen molar-refractivity contribution in [3.05, 3.63) is 97.9 Å². The van der Waals surface area contributed by atoms with Gasteiger partial charge in [0.25, 0.3) is 5.56 Å². The maximum absolute atomic E-state index is 12.8. The number of Topliss-reactive ketones (excluding diaryl/α,β-unsaturated/α-hetero) is 1. The van der Waals surface area contributed by atoms with Gasteiger partial charge in [-0.1, -0.05) is 48.5 Å². The number of fused-ring (bicyclic) bond motifs is 1. The number of aryl methyl sites for hydroxylation is 1. The first-order valence-corrected chi connectivity index (χ1v) is 10.1. The lowest BCUT2D eigenvalue weighted by atomic mass is 10.1. The molecule has 2 aromatic carbocycles. The molecule has 0 saturated carbocycles. The summed E-state index contributed by atoms with van der Waals surface area (Å²) in [7, 11) is 1.26. The van der Waals surface area contributed by atoms with Crippen LogP contribution < -0.4 is 17.0 Å². The molecule has 0 saturated heterocycles. The molecule has 9 nitrogen and oxygen atoms in total. The summed E-state index contributed by atoms with van der Waals surface area (Å²) in [6.07, 6.45) is 0.